The first-order valence-electron chi connectivity index (χ1n) is 9.23. The predicted molar refractivity (Wildman–Crippen MR) is 94.8 cm³/mol. The highest BCUT2D eigenvalue weighted by molar-refractivity contribution is 5.82. The van der Waals surface area contributed by atoms with Gasteiger partial charge in [-0.25, -0.2) is 4.98 Å². The third-order valence-electron chi connectivity index (χ3n) is 5.31. The molecule has 2 aliphatic heterocycles. The number of aromatic nitrogens is 3. The van der Waals surface area contributed by atoms with E-state index in [1.54, 1.807) is 6.20 Å². The van der Waals surface area contributed by atoms with E-state index in [2.05, 4.69) is 30.8 Å². The number of carbonyl (C=O) groups is 1. The van der Waals surface area contributed by atoms with E-state index in [0.29, 0.717) is 0 Å². The highest BCUT2D eigenvalue weighted by atomic mass is 16.2. The van der Waals surface area contributed by atoms with E-state index in [1.807, 2.05) is 24.7 Å². The Morgan fingerprint density at radius 1 is 1.28 bits per heavy atom. The van der Waals surface area contributed by atoms with Gasteiger partial charge in [-0.1, -0.05) is 12.5 Å². The molecule has 6 nitrogen and oxygen atoms in total. The number of aryl methyl sites for hydroxylation is 1. The van der Waals surface area contributed by atoms with E-state index >= 15 is 0 Å². The number of hydrogen-bond donors (Lipinski definition) is 1. The van der Waals surface area contributed by atoms with Crippen LogP contribution < -0.4 is 5.32 Å². The number of pyridine rings is 1. The van der Waals surface area contributed by atoms with Gasteiger partial charge < -0.3 is 9.88 Å². The lowest BCUT2D eigenvalue weighted by Crippen LogP contribution is -2.52. The number of piperidine rings is 1. The van der Waals surface area contributed by atoms with Gasteiger partial charge in [-0.15, -0.1) is 0 Å². The second-order valence-electron chi connectivity index (χ2n) is 7.08. The summed E-state index contributed by atoms with van der Waals surface area (Å²) in [6.07, 6.45) is 12.7. The molecule has 2 aromatic rings. The van der Waals surface area contributed by atoms with Gasteiger partial charge >= 0.3 is 0 Å². The summed E-state index contributed by atoms with van der Waals surface area (Å²) in [4.78, 5) is 23.8. The molecule has 132 valence electrons. The summed E-state index contributed by atoms with van der Waals surface area (Å²) >= 11 is 0. The molecule has 1 fully saturated rings. The SMILES string of the molecule is O=C(N[C@H]1CCc2nccn2C1)[C@@H]1CCCCN1Cc1cccnc1. The van der Waals surface area contributed by atoms with Crippen molar-refractivity contribution < 1.29 is 4.79 Å². The number of amides is 1. The number of hydrogen-bond acceptors (Lipinski definition) is 4. The molecule has 0 aromatic carbocycles. The summed E-state index contributed by atoms with van der Waals surface area (Å²) in [6, 6.07) is 4.21. The highest BCUT2D eigenvalue weighted by Crippen LogP contribution is 2.21. The fourth-order valence-corrected chi connectivity index (χ4v) is 3.98. The fraction of sp³-hybridized carbons (Fsp3) is 0.526. The van der Waals surface area contributed by atoms with E-state index in [0.717, 1.165) is 57.6 Å². The first-order valence-corrected chi connectivity index (χ1v) is 9.23. The van der Waals surface area contributed by atoms with Crippen LogP contribution in [0.4, 0.5) is 0 Å². The molecular weight excluding hydrogens is 314 g/mol. The molecule has 0 saturated carbocycles. The number of nitrogens with one attached hydrogen (secondary N) is 1. The van der Waals surface area contributed by atoms with Crippen molar-refractivity contribution in [3.8, 4) is 0 Å². The van der Waals surface area contributed by atoms with Crippen LogP contribution in [0.25, 0.3) is 0 Å². The second kappa shape index (κ2) is 7.35. The van der Waals surface area contributed by atoms with Crippen molar-refractivity contribution >= 4 is 5.91 Å². The number of imidazole rings is 1. The van der Waals surface area contributed by atoms with Gasteiger partial charge in [0, 0.05) is 50.3 Å². The van der Waals surface area contributed by atoms with Crippen LogP contribution in [0.3, 0.4) is 0 Å². The summed E-state index contributed by atoms with van der Waals surface area (Å²) in [6.45, 7) is 2.60. The molecule has 2 aliphatic rings. The molecule has 4 heterocycles. The summed E-state index contributed by atoms with van der Waals surface area (Å²) in [5.74, 6) is 1.30. The lowest BCUT2D eigenvalue weighted by atomic mass is 9.99. The van der Waals surface area contributed by atoms with Gasteiger partial charge in [0.25, 0.3) is 0 Å². The molecule has 0 radical (unpaired) electrons. The van der Waals surface area contributed by atoms with Crippen LogP contribution >= 0.6 is 0 Å². The zero-order valence-corrected chi connectivity index (χ0v) is 14.5. The predicted octanol–water partition coefficient (Wildman–Crippen LogP) is 1.76. The topological polar surface area (TPSA) is 63.1 Å². The maximum Gasteiger partial charge on any atom is 0.237 e. The third-order valence-corrected chi connectivity index (χ3v) is 5.31. The average molecular weight is 339 g/mol. The normalized spacial score (nSPS) is 23.8. The molecule has 0 bridgehead atoms. The maximum atomic E-state index is 12.9. The van der Waals surface area contributed by atoms with Gasteiger partial charge in [0.1, 0.15) is 5.82 Å². The van der Waals surface area contributed by atoms with Gasteiger partial charge in [-0.3, -0.25) is 14.7 Å². The Kier molecular flexibility index (Phi) is 4.78. The Morgan fingerprint density at radius 2 is 2.24 bits per heavy atom. The number of nitrogens with zero attached hydrogens (tertiary/aromatic N) is 4. The second-order valence-corrected chi connectivity index (χ2v) is 7.08. The van der Waals surface area contributed by atoms with Gasteiger partial charge in [-0.2, -0.15) is 0 Å². The number of rotatable bonds is 4. The minimum atomic E-state index is -0.0295. The van der Waals surface area contributed by atoms with Crippen LogP contribution in [-0.2, 0) is 24.3 Å². The van der Waals surface area contributed by atoms with Crippen molar-refractivity contribution in [1.29, 1.82) is 0 Å². The Bertz CT molecular complexity index is 714. The van der Waals surface area contributed by atoms with Crippen LogP contribution in [0, 0.1) is 0 Å². The van der Waals surface area contributed by atoms with Crippen LogP contribution in [-0.4, -0.2) is 44.0 Å². The molecule has 0 aliphatic carbocycles. The van der Waals surface area contributed by atoms with E-state index in [-0.39, 0.29) is 18.0 Å². The molecule has 2 atom stereocenters. The lowest BCUT2D eigenvalue weighted by molar-refractivity contribution is -0.128. The molecule has 6 heteroatoms. The maximum absolute atomic E-state index is 12.9. The van der Waals surface area contributed by atoms with Crippen molar-refractivity contribution in [3.05, 3.63) is 48.3 Å². The standard InChI is InChI=1S/C19H25N5O/c25-19(22-16-6-7-18-21-9-11-24(18)14-16)17-5-1-2-10-23(17)13-15-4-3-8-20-12-15/h3-4,8-9,11-12,16-17H,1-2,5-7,10,13-14H2,(H,22,25)/t16-,17-/m0/s1. The van der Waals surface area contributed by atoms with E-state index in [9.17, 15) is 4.79 Å². The molecule has 25 heavy (non-hydrogen) atoms. The van der Waals surface area contributed by atoms with Crippen LogP contribution in [0.15, 0.2) is 36.9 Å². The van der Waals surface area contributed by atoms with E-state index in [4.69, 9.17) is 0 Å². The zero-order valence-electron chi connectivity index (χ0n) is 14.5. The van der Waals surface area contributed by atoms with E-state index < -0.39 is 0 Å². The van der Waals surface area contributed by atoms with Gasteiger partial charge in [0.2, 0.25) is 5.91 Å². The number of carbonyl (C=O) groups excluding carboxylic acids is 1. The molecule has 2 aromatic heterocycles. The average Bonchev–Trinajstić information content (AvgIpc) is 3.11. The van der Waals surface area contributed by atoms with Crippen LogP contribution in [0.2, 0.25) is 0 Å². The fourth-order valence-electron chi connectivity index (χ4n) is 3.98. The molecule has 4 rings (SSSR count). The Labute approximate surface area is 148 Å². The quantitative estimate of drug-likeness (QED) is 0.922. The first kappa shape index (κ1) is 16.3. The Balaban J connectivity index is 1.39. The van der Waals surface area contributed by atoms with Gasteiger partial charge in [0.15, 0.2) is 0 Å². The lowest BCUT2D eigenvalue weighted by Gasteiger charge is -2.36. The van der Waals surface area contributed by atoms with Crippen molar-refractivity contribution in [1.82, 2.24) is 24.8 Å². The highest BCUT2D eigenvalue weighted by Gasteiger charge is 2.30. The summed E-state index contributed by atoms with van der Waals surface area (Å²) < 4.78 is 2.16. The molecule has 0 unspecified atom stereocenters. The smallest absolute Gasteiger partial charge is 0.237 e. The zero-order chi connectivity index (χ0) is 17.1. The summed E-state index contributed by atoms with van der Waals surface area (Å²) in [5.41, 5.74) is 1.17. The van der Waals surface area contributed by atoms with Gasteiger partial charge in [0.05, 0.1) is 6.04 Å². The van der Waals surface area contributed by atoms with Crippen molar-refractivity contribution in [2.45, 2.75) is 57.3 Å². The van der Waals surface area contributed by atoms with Gasteiger partial charge in [-0.05, 0) is 37.4 Å². The molecule has 0 spiro atoms. The third kappa shape index (κ3) is 3.74. The minimum absolute atomic E-state index is 0.0295. The van der Waals surface area contributed by atoms with Crippen molar-refractivity contribution in [3.63, 3.8) is 0 Å². The minimum Gasteiger partial charge on any atom is -0.350 e. The monoisotopic (exact) mass is 339 g/mol. The van der Waals surface area contributed by atoms with Crippen molar-refractivity contribution in [2.75, 3.05) is 6.54 Å². The summed E-state index contributed by atoms with van der Waals surface area (Å²) in [7, 11) is 0. The number of likely N-dealkylation sites (tertiary alicyclic amines) is 1. The van der Waals surface area contributed by atoms with E-state index in [1.165, 1.54) is 5.56 Å². The van der Waals surface area contributed by atoms with Crippen LogP contribution in [0.5, 0.6) is 0 Å². The Hall–Kier alpha value is -2.21. The Morgan fingerprint density at radius 3 is 3.12 bits per heavy atom. The van der Waals surface area contributed by atoms with Crippen molar-refractivity contribution in [2.24, 2.45) is 0 Å². The first-order chi connectivity index (χ1) is 12.3. The molecule has 1 saturated heterocycles. The molecule has 1 N–H and O–H groups in total. The molecular formula is C19H25N5O. The summed E-state index contributed by atoms with van der Waals surface area (Å²) in [5, 5.41) is 3.29. The molecule has 1 amide bonds. The number of fused-ring (bicyclic) bond motifs is 1. The largest absolute Gasteiger partial charge is 0.350 e. The van der Waals surface area contributed by atoms with Crippen LogP contribution in [0.1, 0.15) is 37.1 Å².